The third-order valence-electron chi connectivity index (χ3n) is 5.71. The Labute approximate surface area is 127 Å². The Hall–Kier alpha value is -0.900. The maximum atomic E-state index is 6.47. The van der Waals surface area contributed by atoms with Crippen molar-refractivity contribution >= 4 is 0 Å². The molecule has 1 saturated carbocycles. The van der Waals surface area contributed by atoms with Crippen LogP contribution in [0.1, 0.15) is 55.2 Å². The number of nitrogens with two attached hydrogens (primary N) is 1. The molecule has 3 atom stereocenters. The van der Waals surface area contributed by atoms with Gasteiger partial charge in [-0.2, -0.15) is 0 Å². The number of fused-ring (bicyclic) bond motifs is 1. The van der Waals surface area contributed by atoms with Gasteiger partial charge in [-0.25, -0.2) is 0 Å². The zero-order valence-corrected chi connectivity index (χ0v) is 12.7. The van der Waals surface area contributed by atoms with E-state index in [0.717, 1.165) is 19.1 Å². The fraction of sp³-hybridized carbons (Fsp3) is 0.667. The van der Waals surface area contributed by atoms with Gasteiger partial charge in [0, 0.05) is 12.6 Å². The third kappa shape index (κ3) is 2.63. The van der Waals surface area contributed by atoms with Crippen LogP contribution in [-0.2, 0) is 4.74 Å². The highest BCUT2D eigenvalue weighted by Gasteiger charge is 2.35. The molecule has 3 unspecified atom stereocenters. The minimum Gasteiger partial charge on any atom is -0.373 e. The van der Waals surface area contributed by atoms with Crippen molar-refractivity contribution in [1.29, 1.82) is 0 Å². The Morgan fingerprint density at radius 1 is 1.10 bits per heavy atom. The maximum Gasteiger partial charge on any atom is 0.0895 e. The normalized spacial score (nSPS) is 31.7. The molecule has 0 bridgehead atoms. The smallest absolute Gasteiger partial charge is 0.0895 e. The first kappa shape index (κ1) is 13.7. The summed E-state index contributed by atoms with van der Waals surface area (Å²) >= 11 is 0. The monoisotopic (exact) mass is 286 g/mol. The predicted molar refractivity (Wildman–Crippen MR) is 84.3 cm³/mol. The van der Waals surface area contributed by atoms with E-state index in [1.54, 1.807) is 0 Å². The van der Waals surface area contributed by atoms with Gasteiger partial charge in [-0.15, -0.1) is 0 Å². The second-order valence-corrected chi connectivity index (χ2v) is 6.98. The third-order valence-corrected chi connectivity index (χ3v) is 5.71. The molecule has 3 fully saturated rings. The van der Waals surface area contributed by atoms with E-state index in [9.17, 15) is 0 Å². The molecule has 2 aliphatic heterocycles. The number of benzene rings is 1. The van der Waals surface area contributed by atoms with Crippen molar-refractivity contribution in [3.63, 3.8) is 0 Å². The molecule has 1 aliphatic carbocycles. The lowest BCUT2D eigenvalue weighted by Crippen LogP contribution is -2.49. The molecule has 0 spiro atoms. The summed E-state index contributed by atoms with van der Waals surface area (Å²) in [5.41, 5.74) is 9.18. The Bertz CT molecular complexity index is 482. The van der Waals surface area contributed by atoms with Crippen LogP contribution in [0.4, 0.5) is 0 Å². The Morgan fingerprint density at radius 2 is 1.90 bits per heavy atom. The molecule has 2 N–H and O–H groups in total. The molecule has 3 aliphatic rings. The Balaban J connectivity index is 1.42. The van der Waals surface area contributed by atoms with Crippen LogP contribution in [0.25, 0.3) is 0 Å². The first-order valence-electron chi connectivity index (χ1n) is 8.52. The molecule has 114 valence electrons. The first-order valence-corrected chi connectivity index (χ1v) is 8.52. The highest BCUT2D eigenvalue weighted by atomic mass is 16.5. The standard InChI is InChI=1S/C18H26N2O/c19-18(17-11-20-10-2-5-16(20)12-21-17)15-8-6-14(7-9-15)13-3-1-4-13/h6-9,13,16-18H,1-5,10-12,19H2. The van der Waals surface area contributed by atoms with Gasteiger partial charge in [-0.3, -0.25) is 4.90 Å². The largest absolute Gasteiger partial charge is 0.373 e. The summed E-state index contributed by atoms with van der Waals surface area (Å²) in [4.78, 5) is 2.57. The number of hydrogen-bond donors (Lipinski definition) is 1. The number of rotatable bonds is 3. The van der Waals surface area contributed by atoms with E-state index in [1.165, 1.54) is 49.8 Å². The summed E-state index contributed by atoms with van der Waals surface area (Å²) in [6.07, 6.45) is 6.85. The lowest BCUT2D eigenvalue weighted by Gasteiger charge is -2.38. The molecule has 2 saturated heterocycles. The molecular formula is C18H26N2O. The predicted octanol–water partition coefficient (Wildman–Crippen LogP) is 2.82. The summed E-state index contributed by atoms with van der Waals surface area (Å²) in [7, 11) is 0. The lowest BCUT2D eigenvalue weighted by molar-refractivity contribution is -0.0597. The second kappa shape index (κ2) is 5.71. The van der Waals surface area contributed by atoms with Gasteiger partial charge in [-0.1, -0.05) is 30.7 Å². The number of ether oxygens (including phenoxy) is 1. The zero-order valence-electron chi connectivity index (χ0n) is 12.7. The van der Waals surface area contributed by atoms with E-state index in [4.69, 9.17) is 10.5 Å². The fourth-order valence-electron chi connectivity index (χ4n) is 4.01. The molecule has 4 rings (SSSR count). The van der Waals surface area contributed by atoms with E-state index in [1.807, 2.05) is 0 Å². The molecule has 2 heterocycles. The average molecular weight is 286 g/mol. The lowest BCUT2D eigenvalue weighted by atomic mass is 9.79. The van der Waals surface area contributed by atoms with E-state index in [-0.39, 0.29) is 12.1 Å². The quantitative estimate of drug-likeness (QED) is 0.928. The summed E-state index contributed by atoms with van der Waals surface area (Å²) in [5.74, 6) is 0.798. The van der Waals surface area contributed by atoms with Crippen molar-refractivity contribution in [3.05, 3.63) is 35.4 Å². The molecule has 0 radical (unpaired) electrons. The van der Waals surface area contributed by atoms with Crippen molar-refractivity contribution in [2.24, 2.45) is 5.73 Å². The fourth-order valence-corrected chi connectivity index (χ4v) is 4.01. The minimum atomic E-state index is 0.00184. The second-order valence-electron chi connectivity index (χ2n) is 6.98. The molecular weight excluding hydrogens is 260 g/mol. The van der Waals surface area contributed by atoms with Crippen LogP contribution in [0.5, 0.6) is 0 Å². The Kier molecular flexibility index (Phi) is 3.74. The SMILES string of the molecule is NC(c1ccc(C2CCC2)cc1)C1CN2CCCC2CO1. The molecule has 1 aromatic carbocycles. The highest BCUT2D eigenvalue weighted by Crippen LogP contribution is 2.36. The molecule has 0 aromatic heterocycles. The van der Waals surface area contributed by atoms with Crippen molar-refractivity contribution in [2.75, 3.05) is 19.7 Å². The van der Waals surface area contributed by atoms with Crippen molar-refractivity contribution in [1.82, 2.24) is 4.90 Å². The van der Waals surface area contributed by atoms with Gasteiger partial charge < -0.3 is 10.5 Å². The van der Waals surface area contributed by atoms with Crippen LogP contribution in [-0.4, -0.2) is 36.7 Å². The number of morpholine rings is 1. The van der Waals surface area contributed by atoms with Gasteiger partial charge in [0.15, 0.2) is 0 Å². The topological polar surface area (TPSA) is 38.5 Å². The highest BCUT2D eigenvalue weighted by molar-refractivity contribution is 5.29. The van der Waals surface area contributed by atoms with Crippen LogP contribution in [0, 0.1) is 0 Å². The van der Waals surface area contributed by atoms with Crippen LogP contribution >= 0.6 is 0 Å². The molecule has 21 heavy (non-hydrogen) atoms. The van der Waals surface area contributed by atoms with Crippen molar-refractivity contribution in [3.8, 4) is 0 Å². The van der Waals surface area contributed by atoms with Gasteiger partial charge in [0.05, 0.1) is 18.8 Å². The average Bonchev–Trinajstić information content (AvgIpc) is 2.93. The Morgan fingerprint density at radius 3 is 2.62 bits per heavy atom. The van der Waals surface area contributed by atoms with Gasteiger partial charge >= 0.3 is 0 Å². The van der Waals surface area contributed by atoms with Crippen molar-refractivity contribution in [2.45, 2.75) is 56.2 Å². The molecule has 1 aromatic rings. The van der Waals surface area contributed by atoms with Crippen LogP contribution in [0.3, 0.4) is 0 Å². The van der Waals surface area contributed by atoms with Crippen LogP contribution in [0.15, 0.2) is 24.3 Å². The van der Waals surface area contributed by atoms with Gasteiger partial charge in [0.25, 0.3) is 0 Å². The first-order chi connectivity index (χ1) is 10.3. The summed E-state index contributed by atoms with van der Waals surface area (Å²) < 4.78 is 6.05. The maximum absolute atomic E-state index is 6.47. The molecule has 3 heteroatoms. The minimum absolute atomic E-state index is 0.00184. The zero-order chi connectivity index (χ0) is 14.2. The molecule has 3 nitrogen and oxygen atoms in total. The van der Waals surface area contributed by atoms with E-state index in [0.29, 0.717) is 6.04 Å². The van der Waals surface area contributed by atoms with Crippen LogP contribution in [0.2, 0.25) is 0 Å². The number of hydrogen-bond acceptors (Lipinski definition) is 3. The van der Waals surface area contributed by atoms with Gasteiger partial charge in [0.1, 0.15) is 0 Å². The van der Waals surface area contributed by atoms with E-state index in [2.05, 4.69) is 29.2 Å². The van der Waals surface area contributed by atoms with Crippen LogP contribution < -0.4 is 5.73 Å². The summed E-state index contributed by atoms with van der Waals surface area (Å²) in [6.45, 7) is 3.08. The van der Waals surface area contributed by atoms with Gasteiger partial charge in [0.2, 0.25) is 0 Å². The molecule has 0 amide bonds. The number of nitrogens with zero attached hydrogens (tertiary/aromatic N) is 1. The summed E-state index contributed by atoms with van der Waals surface area (Å²) in [5, 5.41) is 0. The van der Waals surface area contributed by atoms with Gasteiger partial charge in [-0.05, 0) is 49.3 Å². The van der Waals surface area contributed by atoms with E-state index < -0.39 is 0 Å². The summed E-state index contributed by atoms with van der Waals surface area (Å²) in [6, 6.07) is 9.65. The van der Waals surface area contributed by atoms with Crippen molar-refractivity contribution < 1.29 is 4.74 Å². The van der Waals surface area contributed by atoms with E-state index >= 15 is 0 Å².